The van der Waals surface area contributed by atoms with Gasteiger partial charge >= 0.3 is 0 Å². The van der Waals surface area contributed by atoms with Gasteiger partial charge in [0.15, 0.2) is 11.5 Å². The van der Waals surface area contributed by atoms with Crippen LogP contribution in [0.2, 0.25) is 0 Å². The molecule has 0 saturated heterocycles. The lowest BCUT2D eigenvalue weighted by atomic mass is 10.1. The molecule has 116 valence electrons. The van der Waals surface area contributed by atoms with E-state index >= 15 is 0 Å². The first-order valence-electron chi connectivity index (χ1n) is 7.24. The molecule has 2 aromatic rings. The summed E-state index contributed by atoms with van der Waals surface area (Å²) in [5.74, 6) is 1.44. The van der Waals surface area contributed by atoms with E-state index in [1.165, 1.54) is 0 Å². The summed E-state index contributed by atoms with van der Waals surface area (Å²) < 4.78 is 11.2. The molecule has 0 radical (unpaired) electrons. The Hall–Kier alpha value is -2.49. The van der Waals surface area contributed by atoms with Crippen LogP contribution < -0.4 is 9.47 Å². The molecule has 0 unspecified atom stereocenters. The molecule has 4 nitrogen and oxygen atoms in total. The van der Waals surface area contributed by atoms with Crippen LogP contribution in [0.4, 0.5) is 0 Å². The molecule has 0 aliphatic rings. The van der Waals surface area contributed by atoms with E-state index in [1.807, 2.05) is 48.5 Å². The molecule has 0 bridgehead atoms. The molecule has 0 aliphatic carbocycles. The van der Waals surface area contributed by atoms with Gasteiger partial charge in [-0.05, 0) is 43.0 Å². The van der Waals surface area contributed by atoms with E-state index in [9.17, 15) is 0 Å². The van der Waals surface area contributed by atoms with E-state index in [0.717, 1.165) is 23.3 Å². The number of hydrogen-bond donors (Lipinski definition) is 1. The molecule has 22 heavy (non-hydrogen) atoms. The Labute approximate surface area is 131 Å². The highest BCUT2D eigenvalue weighted by Crippen LogP contribution is 2.29. The average Bonchev–Trinajstić information content (AvgIpc) is 2.58. The number of nitrogens with zero attached hydrogens (tertiary/aromatic N) is 1. The maximum absolute atomic E-state index is 8.70. The van der Waals surface area contributed by atoms with Gasteiger partial charge in [0, 0.05) is 0 Å². The van der Waals surface area contributed by atoms with Crippen molar-refractivity contribution >= 4 is 5.71 Å². The second-order valence-corrected chi connectivity index (χ2v) is 5.09. The van der Waals surface area contributed by atoms with E-state index in [-0.39, 0.29) is 0 Å². The third-order valence-electron chi connectivity index (χ3n) is 3.41. The summed E-state index contributed by atoms with van der Waals surface area (Å²) in [4.78, 5) is 0. The molecule has 4 heteroatoms. The molecule has 0 saturated carbocycles. The predicted octanol–water partition coefficient (Wildman–Crippen LogP) is 4.06. The standard InChI is InChI=1S/C18H21NO3/c1-14(19-20)8-9-15-10-11-17(21-2)18(12-15)22-13-16-6-4-3-5-7-16/h3-7,10-12,20H,8-9,13H2,1-2H3/b19-14+. The van der Waals surface area contributed by atoms with Crippen molar-refractivity contribution in [3.05, 3.63) is 59.7 Å². The van der Waals surface area contributed by atoms with Gasteiger partial charge in [0.2, 0.25) is 0 Å². The maximum Gasteiger partial charge on any atom is 0.161 e. The Bertz CT molecular complexity index is 623. The van der Waals surface area contributed by atoms with Crippen molar-refractivity contribution in [2.24, 2.45) is 5.16 Å². The van der Waals surface area contributed by atoms with E-state index < -0.39 is 0 Å². The molecule has 0 fully saturated rings. The van der Waals surface area contributed by atoms with Crippen molar-refractivity contribution in [1.82, 2.24) is 0 Å². The monoisotopic (exact) mass is 299 g/mol. The fourth-order valence-electron chi connectivity index (χ4n) is 2.10. The zero-order valence-corrected chi connectivity index (χ0v) is 13.0. The SMILES string of the molecule is COc1ccc(CC/C(C)=N/O)cc1OCc1ccccc1. The van der Waals surface area contributed by atoms with E-state index in [1.54, 1.807) is 14.0 Å². The Morgan fingerprint density at radius 3 is 2.50 bits per heavy atom. The first kappa shape index (κ1) is 15.9. The van der Waals surface area contributed by atoms with Gasteiger partial charge in [-0.1, -0.05) is 41.6 Å². The quantitative estimate of drug-likeness (QED) is 0.476. The maximum atomic E-state index is 8.70. The van der Waals surface area contributed by atoms with E-state index in [2.05, 4.69) is 5.16 Å². The summed E-state index contributed by atoms with van der Waals surface area (Å²) in [6, 6.07) is 15.9. The van der Waals surface area contributed by atoms with Crippen LogP contribution in [0.15, 0.2) is 53.7 Å². The van der Waals surface area contributed by atoms with Crippen molar-refractivity contribution in [2.75, 3.05) is 7.11 Å². The minimum atomic E-state index is 0.498. The number of hydrogen-bond acceptors (Lipinski definition) is 4. The number of benzene rings is 2. The lowest BCUT2D eigenvalue weighted by Crippen LogP contribution is -2.00. The number of methoxy groups -OCH3 is 1. The molecule has 0 aromatic heterocycles. The second kappa shape index (κ2) is 8.08. The van der Waals surface area contributed by atoms with E-state index in [0.29, 0.717) is 24.5 Å². The lowest BCUT2D eigenvalue weighted by molar-refractivity contribution is 0.284. The number of aryl methyl sites for hydroxylation is 1. The largest absolute Gasteiger partial charge is 0.493 e. The smallest absolute Gasteiger partial charge is 0.161 e. The van der Waals surface area contributed by atoms with Crippen LogP contribution >= 0.6 is 0 Å². The summed E-state index contributed by atoms with van der Waals surface area (Å²) in [5.41, 5.74) is 2.94. The summed E-state index contributed by atoms with van der Waals surface area (Å²) >= 11 is 0. The van der Waals surface area contributed by atoms with Crippen molar-refractivity contribution in [1.29, 1.82) is 0 Å². The third-order valence-corrected chi connectivity index (χ3v) is 3.41. The summed E-state index contributed by atoms with van der Waals surface area (Å²) in [5, 5.41) is 11.9. The number of oxime groups is 1. The van der Waals surface area contributed by atoms with Gasteiger partial charge in [-0.3, -0.25) is 0 Å². The topological polar surface area (TPSA) is 51.0 Å². The highest BCUT2D eigenvalue weighted by Gasteiger charge is 2.07. The molecule has 1 N–H and O–H groups in total. The summed E-state index contributed by atoms with van der Waals surface area (Å²) in [6.45, 7) is 2.30. The van der Waals surface area contributed by atoms with Crippen LogP contribution in [-0.4, -0.2) is 18.0 Å². The van der Waals surface area contributed by atoms with Crippen LogP contribution in [0.1, 0.15) is 24.5 Å². The molecule has 0 heterocycles. The molecule has 0 atom stereocenters. The van der Waals surface area contributed by atoms with Crippen LogP contribution in [0.3, 0.4) is 0 Å². The molecular formula is C18H21NO3. The Kier molecular flexibility index (Phi) is 5.83. The van der Waals surface area contributed by atoms with Crippen molar-refractivity contribution in [3.8, 4) is 11.5 Å². The zero-order valence-electron chi connectivity index (χ0n) is 13.0. The van der Waals surface area contributed by atoms with Crippen molar-refractivity contribution in [3.63, 3.8) is 0 Å². The number of rotatable bonds is 7. The number of ether oxygens (including phenoxy) is 2. The highest BCUT2D eigenvalue weighted by atomic mass is 16.5. The van der Waals surface area contributed by atoms with Crippen molar-refractivity contribution < 1.29 is 14.7 Å². The molecular weight excluding hydrogens is 278 g/mol. The van der Waals surface area contributed by atoms with Gasteiger partial charge < -0.3 is 14.7 Å². The van der Waals surface area contributed by atoms with Crippen LogP contribution in [0.5, 0.6) is 11.5 Å². The van der Waals surface area contributed by atoms with Gasteiger partial charge in [0.1, 0.15) is 6.61 Å². The third kappa shape index (κ3) is 4.52. The first-order valence-corrected chi connectivity index (χ1v) is 7.24. The zero-order chi connectivity index (χ0) is 15.8. The Balaban J connectivity index is 2.07. The van der Waals surface area contributed by atoms with Gasteiger partial charge in [-0.15, -0.1) is 0 Å². The molecule has 0 amide bonds. The second-order valence-electron chi connectivity index (χ2n) is 5.09. The predicted molar refractivity (Wildman–Crippen MR) is 87.0 cm³/mol. The average molecular weight is 299 g/mol. The summed E-state index contributed by atoms with van der Waals surface area (Å²) in [6.07, 6.45) is 1.50. The first-order chi connectivity index (χ1) is 10.7. The highest BCUT2D eigenvalue weighted by molar-refractivity contribution is 5.81. The Morgan fingerprint density at radius 1 is 1.05 bits per heavy atom. The minimum absolute atomic E-state index is 0.498. The lowest BCUT2D eigenvalue weighted by Gasteiger charge is -2.12. The van der Waals surface area contributed by atoms with Crippen LogP contribution in [0.25, 0.3) is 0 Å². The molecule has 0 spiro atoms. The summed E-state index contributed by atoms with van der Waals surface area (Å²) in [7, 11) is 1.63. The van der Waals surface area contributed by atoms with Crippen LogP contribution in [-0.2, 0) is 13.0 Å². The van der Waals surface area contributed by atoms with E-state index in [4.69, 9.17) is 14.7 Å². The fourth-order valence-corrected chi connectivity index (χ4v) is 2.10. The molecule has 2 rings (SSSR count). The van der Waals surface area contributed by atoms with Gasteiger partial charge in [0.05, 0.1) is 12.8 Å². The molecule has 2 aromatic carbocycles. The van der Waals surface area contributed by atoms with Gasteiger partial charge in [0.25, 0.3) is 0 Å². The van der Waals surface area contributed by atoms with Crippen LogP contribution in [0, 0.1) is 0 Å². The normalized spacial score (nSPS) is 11.3. The van der Waals surface area contributed by atoms with Gasteiger partial charge in [-0.25, -0.2) is 0 Å². The van der Waals surface area contributed by atoms with Crippen molar-refractivity contribution in [2.45, 2.75) is 26.4 Å². The Morgan fingerprint density at radius 2 is 1.82 bits per heavy atom. The minimum Gasteiger partial charge on any atom is -0.493 e. The van der Waals surface area contributed by atoms with Gasteiger partial charge in [-0.2, -0.15) is 0 Å². The fraction of sp³-hybridized carbons (Fsp3) is 0.278. The molecule has 0 aliphatic heterocycles.